The first-order valence-electron chi connectivity index (χ1n) is 7.72. The van der Waals surface area contributed by atoms with Crippen LogP contribution in [-0.2, 0) is 23.8 Å². The predicted molar refractivity (Wildman–Crippen MR) is 79.4 cm³/mol. The molecule has 6 nitrogen and oxygen atoms in total. The summed E-state index contributed by atoms with van der Waals surface area (Å²) in [6, 6.07) is 0. The first kappa shape index (κ1) is 15.8. The van der Waals surface area contributed by atoms with Gasteiger partial charge in [-0.15, -0.1) is 0 Å². The predicted octanol–water partition coefficient (Wildman–Crippen LogP) is 2.18. The molecule has 0 unspecified atom stereocenters. The number of esters is 1. The average Bonchev–Trinajstić information content (AvgIpc) is 2.89. The zero-order chi connectivity index (χ0) is 16.9. The first-order chi connectivity index (χ1) is 10.8. The van der Waals surface area contributed by atoms with Gasteiger partial charge >= 0.3 is 12.1 Å². The van der Waals surface area contributed by atoms with Crippen molar-refractivity contribution in [3.63, 3.8) is 0 Å². The summed E-state index contributed by atoms with van der Waals surface area (Å²) in [6.07, 6.45) is 0.188. The van der Waals surface area contributed by atoms with Crippen molar-refractivity contribution in [3.05, 3.63) is 22.8 Å². The summed E-state index contributed by atoms with van der Waals surface area (Å²) in [5.41, 5.74) is 2.44. The van der Waals surface area contributed by atoms with Gasteiger partial charge in [0.15, 0.2) is 5.78 Å². The Bertz CT molecular complexity index is 643. The lowest BCUT2D eigenvalue weighted by Gasteiger charge is -2.28. The van der Waals surface area contributed by atoms with E-state index < -0.39 is 24.3 Å². The van der Waals surface area contributed by atoms with Gasteiger partial charge in [-0.05, 0) is 19.9 Å². The Hall–Kier alpha value is -2.11. The molecule has 3 aliphatic rings. The van der Waals surface area contributed by atoms with Crippen LogP contribution >= 0.6 is 0 Å². The van der Waals surface area contributed by atoms with Crippen LogP contribution in [0.15, 0.2) is 22.8 Å². The van der Waals surface area contributed by atoms with Crippen LogP contribution in [-0.4, -0.2) is 37.2 Å². The van der Waals surface area contributed by atoms with E-state index in [1.54, 1.807) is 13.0 Å². The maximum atomic E-state index is 12.3. The third-order valence-corrected chi connectivity index (χ3v) is 5.15. The molecule has 0 radical (unpaired) electrons. The van der Waals surface area contributed by atoms with Crippen LogP contribution in [0.5, 0.6) is 0 Å². The number of hydrogen-bond acceptors (Lipinski definition) is 6. The average molecular weight is 320 g/mol. The number of fused-ring (bicyclic) bond motifs is 3. The molecule has 0 aromatic heterocycles. The molecule has 0 aromatic carbocycles. The first-order valence-corrected chi connectivity index (χ1v) is 7.72. The Morgan fingerprint density at radius 3 is 2.65 bits per heavy atom. The summed E-state index contributed by atoms with van der Waals surface area (Å²) >= 11 is 0. The zero-order valence-electron chi connectivity index (χ0n) is 13.6. The minimum absolute atomic E-state index is 0.0435. The molecule has 1 heterocycles. The summed E-state index contributed by atoms with van der Waals surface area (Å²) < 4.78 is 15.6. The largest absolute Gasteiger partial charge is 0.508 e. The fraction of sp³-hybridized carbons (Fsp3) is 0.588. The van der Waals surface area contributed by atoms with E-state index in [0.717, 1.165) is 11.1 Å². The third-order valence-electron chi connectivity index (χ3n) is 5.15. The van der Waals surface area contributed by atoms with E-state index in [2.05, 4.69) is 4.74 Å². The van der Waals surface area contributed by atoms with Gasteiger partial charge < -0.3 is 14.2 Å². The molecule has 0 spiro atoms. The highest BCUT2D eigenvalue weighted by atomic mass is 16.7. The minimum atomic E-state index is -0.788. The van der Waals surface area contributed by atoms with Crippen molar-refractivity contribution in [1.29, 1.82) is 0 Å². The van der Waals surface area contributed by atoms with Crippen molar-refractivity contribution in [2.45, 2.75) is 39.4 Å². The second-order valence-electron chi connectivity index (χ2n) is 6.51. The highest BCUT2D eigenvalue weighted by molar-refractivity contribution is 6.09. The Kier molecular flexibility index (Phi) is 3.78. The fourth-order valence-electron chi connectivity index (χ4n) is 4.08. The Balaban J connectivity index is 2.05. The second kappa shape index (κ2) is 5.51. The van der Waals surface area contributed by atoms with E-state index in [-0.39, 0.29) is 23.6 Å². The summed E-state index contributed by atoms with van der Waals surface area (Å²) in [5.74, 6) is -1.30. The number of hydrogen-bond donors (Lipinski definition) is 0. The summed E-state index contributed by atoms with van der Waals surface area (Å²) in [7, 11) is 1.24. The molecule has 2 aliphatic carbocycles. The standard InChI is InChI=1S/C17H20O6/c1-7-5-10(18)12-8(2)6-11(22-17(20)21-4)14-9(3)16(19)23-15(14)13(7)12/h5,9,11,13-15H,6H2,1-4H3/t9-,11-,13-,14+,15+/m1/s1. The Morgan fingerprint density at radius 1 is 1.30 bits per heavy atom. The van der Waals surface area contributed by atoms with E-state index in [0.29, 0.717) is 12.0 Å². The number of carbonyl (C=O) groups is 3. The summed E-state index contributed by atoms with van der Waals surface area (Å²) in [5, 5.41) is 0. The van der Waals surface area contributed by atoms with E-state index >= 15 is 0 Å². The zero-order valence-corrected chi connectivity index (χ0v) is 13.6. The maximum absolute atomic E-state index is 12.3. The Labute approximate surface area is 134 Å². The van der Waals surface area contributed by atoms with Crippen molar-refractivity contribution in [3.8, 4) is 0 Å². The topological polar surface area (TPSA) is 78.9 Å². The van der Waals surface area contributed by atoms with Gasteiger partial charge in [0.1, 0.15) is 12.2 Å². The number of carbonyl (C=O) groups excluding carboxylic acids is 3. The third kappa shape index (κ3) is 2.36. The SMILES string of the molecule is COC(=O)O[C@@H]1CC(C)=C2C(=O)C=C(C)[C@H]2[C@@H]2OC(=O)[C@H](C)[C@H]21. The number of ether oxygens (including phenoxy) is 3. The summed E-state index contributed by atoms with van der Waals surface area (Å²) in [6.45, 7) is 5.52. The van der Waals surface area contributed by atoms with Crippen LogP contribution in [0.3, 0.4) is 0 Å². The van der Waals surface area contributed by atoms with Crippen LogP contribution in [0, 0.1) is 17.8 Å². The normalized spacial score (nSPS) is 36.0. The van der Waals surface area contributed by atoms with Gasteiger partial charge in [0.05, 0.1) is 13.0 Å². The quantitative estimate of drug-likeness (QED) is 0.689. The van der Waals surface area contributed by atoms with Crippen LogP contribution < -0.4 is 0 Å². The van der Waals surface area contributed by atoms with Crippen molar-refractivity contribution in [2.75, 3.05) is 7.11 Å². The highest BCUT2D eigenvalue weighted by Crippen LogP contribution is 2.48. The van der Waals surface area contributed by atoms with Crippen molar-refractivity contribution in [2.24, 2.45) is 17.8 Å². The van der Waals surface area contributed by atoms with Gasteiger partial charge in [0, 0.05) is 23.8 Å². The van der Waals surface area contributed by atoms with Gasteiger partial charge in [0.2, 0.25) is 0 Å². The lowest BCUT2D eigenvalue weighted by molar-refractivity contribution is -0.144. The Morgan fingerprint density at radius 2 is 2.00 bits per heavy atom. The van der Waals surface area contributed by atoms with Crippen LogP contribution in [0.2, 0.25) is 0 Å². The summed E-state index contributed by atoms with van der Waals surface area (Å²) in [4.78, 5) is 36.0. The minimum Gasteiger partial charge on any atom is -0.461 e. The molecule has 23 heavy (non-hydrogen) atoms. The van der Waals surface area contributed by atoms with Crippen LogP contribution in [0.25, 0.3) is 0 Å². The molecule has 124 valence electrons. The van der Waals surface area contributed by atoms with Gasteiger partial charge in [-0.25, -0.2) is 4.79 Å². The molecule has 5 atom stereocenters. The maximum Gasteiger partial charge on any atom is 0.508 e. The van der Waals surface area contributed by atoms with Crippen molar-refractivity contribution < 1.29 is 28.6 Å². The molecule has 0 aromatic rings. The molecule has 6 heteroatoms. The van der Waals surface area contributed by atoms with Gasteiger partial charge in [-0.2, -0.15) is 0 Å². The molecule has 1 aliphatic heterocycles. The van der Waals surface area contributed by atoms with Crippen molar-refractivity contribution >= 4 is 17.9 Å². The van der Waals surface area contributed by atoms with Crippen LogP contribution in [0.4, 0.5) is 4.79 Å². The van der Waals surface area contributed by atoms with E-state index in [9.17, 15) is 14.4 Å². The number of ketones is 1. The smallest absolute Gasteiger partial charge is 0.461 e. The molecule has 1 saturated heterocycles. The second-order valence-corrected chi connectivity index (χ2v) is 6.51. The van der Waals surface area contributed by atoms with E-state index in [1.807, 2.05) is 13.8 Å². The van der Waals surface area contributed by atoms with E-state index in [1.165, 1.54) is 7.11 Å². The molecular weight excluding hydrogens is 300 g/mol. The monoisotopic (exact) mass is 320 g/mol. The lowest BCUT2D eigenvalue weighted by atomic mass is 9.79. The fourth-order valence-corrected chi connectivity index (χ4v) is 4.08. The van der Waals surface area contributed by atoms with E-state index in [4.69, 9.17) is 9.47 Å². The molecule has 1 fully saturated rings. The lowest BCUT2D eigenvalue weighted by Crippen LogP contribution is -2.37. The number of rotatable bonds is 1. The van der Waals surface area contributed by atoms with Gasteiger partial charge in [0.25, 0.3) is 0 Å². The van der Waals surface area contributed by atoms with Crippen molar-refractivity contribution in [1.82, 2.24) is 0 Å². The molecule has 0 amide bonds. The molecule has 0 saturated carbocycles. The number of allylic oxidation sites excluding steroid dienone is 1. The molecule has 0 bridgehead atoms. The van der Waals surface area contributed by atoms with Gasteiger partial charge in [-0.3, -0.25) is 9.59 Å². The number of methoxy groups -OCH3 is 1. The van der Waals surface area contributed by atoms with Crippen LogP contribution in [0.1, 0.15) is 27.2 Å². The molecular formula is C17H20O6. The highest BCUT2D eigenvalue weighted by Gasteiger charge is 2.55. The van der Waals surface area contributed by atoms with Gasteiger partial charge in [-0.1, -0.05) is 18.1 Å². The molecule has 0 N–H and O–H groups in total. The molecule has 3 rings (SSSR count).